The molecule has 240 valence electrons. The average Bonchev–Trinajstić information content (AvgIpc) is 3.87. The Hall–Kier alpha value is -6.30. The molecular formula is C45H34N4S. The average molecular weight is 663 g/mol. The molecule has 1 unspecified atom stereocenters. The van der Waals surface area contributed by atoms with Crippen LogP contribution in [0.3, 0.4) is 0 Å². The molecule has 1 atom stereocenters. The molecule has 5 heteroatoms. The topological polar surface area (TPSA) is 47.9 Å². The van der Waals surface area contributed by atoms with Crippen LogP contribution < -0.4 is 11.1 Å². The van der Waals surface area contributed by atoms with Crippen molar-refractivity contribution < 1.29 is 0 Å². The van der Waals surface area contributed by atoms with E-state index in [1.165, 1.54) is 42.9 Å². The predicted octanol–water partition coefficient (Wildman–Crippen LogP) is 11.2. The lowest BCUT2D eigenvalue weighted by Gasteiger charge is -2.20. The molecule has 0 saturated carbocycles. The Morgan fingerprint density at radius 1 is 0.580 bits per heavy atom. The summed E-state index contributed by atoms with van der Waals surface area (Å²) in [6.07, 6.45) is 2.07. The van der Waals surface area contributed by atoms with E-state index in [2.05, 4.69) is 142 Å². The van der Waals surface area contributed by atoms with Crippen molar-refractivity contribution in [2.24, 2.45) is 5.73 Å². The van der Waals surface area contributed by atoms with Gasteiger partial charge in [0, 0.05) is 44.3 Å². The van der Waals surface area contributed by atoms with Gasteiger partial charge in [0.2, 0.25) is 0 Å². The third-order valence-electron chi connectivity index (χ3n) is 9.61. The van der Waals surface area contributed by atoms with Gasteiger partial charge in [-0.1, -0.05) is 116 Å². The summed E-state index contributed by atoms with van der Waals surface area (Å²) in [6, 6.07) is 55.4. The molecule has 9 aromatic rings. The van der Waals surface area contributed by atoms with E-state index in [4.69, 9.17) is 5.73 Å². The smallest absolute Gasteiger partial charge is 0.108 e. The lowest BCUT2D eigenvalue weighted by atomic mass is 10.0. The Kier molecular flexibility index (Phi) is 7.33. The van der Waals surface area contributed by atoms with Gasteiger partial charge in [0.15, 0.2) is 0 Å². The Balaban J connectivity index is 1.07. The Bertz CT molecular complexity index is 2640. The predicted molar refractivity (Wildman–Crippen MR) is 213 cm³/mol. The van der Waals surface area contributed by atoms with E-state index in [9.17, 15) is 0 Å². The third-order valence-corrected chi connectivity index (χ3v) is 10.5. The minimum atomic E-state index is -0.147. The van der Waals surface area contributed by atoms with E-state index in [0.29, 0.717) is 0 Å². The van der Waals surface area contributed by atoms with Gasteiger partial charge in [-0.2, -0.15) is 0 Å². The largest absolute Gasteiger partial charge is 0.398 e. The van der Waals surface area contributed by atoms with Crippen molar-refractivity contribution in [1.82, 2.24) is 14.5 Å². The maximum atomic E-state index is 6.58. The quantitative estimate of drug-likeness (QED) is 0.170. The maximum absolute atomic E-state index is 6.58. The molecule has 4 nitrogen and oxygen atoms in total. The summed E-state index contributed by atoms with van der Waals surface area (Å²) in [5, 5.41) is 10.9. The minimum absolute atomic E-state index is 0.147. The molecule has 50 heavy (non-hydrogen) atoms. The first kappa shape index (κ1) is 29.8. The van der Waals surface area contributed by atoms with Crippen LogP contribution in [0.5, 0.6) is 0 Å². The number of fused-ring (bicyclic) bond motifs is 6. The van der Waals surface area contributed by atoms with Gasteiger partial charge in [0.05, 0.1) is 22.6 Å². The highest BCUT2D eigenvalue weighted by molar-refractivity contribution is 7.17. The van der Waals surface area contributed by atoms with Crippen LogP contribution in [-0.4, -0.2) is 9.13 Å². The zero-order valence-electron chi connectivity index (χ0n) is 27.3. The highest BCUT2D eigenvalue weighted by Gasteiger charge is 2.18. The first-order valence-corrected chi connectivity index (χ1v) is 17.7. The number of aromatic nitrogens is 2. The zero-order chi connectivity index (χ0) is 33.6. The van der Waals surface area contributed by atoms with Crippen LogP contribution in [0.2, 0.25) is 0 Å². The van der Waals surface area contributed by atoms with Gasteiger partial charge in [0.25, 0.3) is 0 Å². The summed E-state index contributed by atoms with van der Waals surface area (Å²) in [6.45, 7) is 4.44. The Morgan fingerprint density at radius 2 is 1.18 bits per heavy atom. The monoisotopic (exact) mass is 662 g/mol. The van der Waals surface area contributed by atoms with Gasteiger partial charge < -0.3 is 20.2 Å². The van der Waals surface area contributed by atoms with E-state index in [1.807, 2.05) is 48.5 Å². The molecule has 3 N–H and O–H groups in total. The number of thiophene rings is 1. The second-order valence-corrected chi connectivity index (χ2v) is 13.5. The fourth-order valence-electron chi connectivity index (χ4n) is 7.19. The van der Waals surface area contributed by atoms with Crippen LogP contribution in [0, 0.1) is 0 Å². The first-order valence-electron chi connectivity index (χ1n) is 16.8. The fraction of sp³-hybridized carbons (Fsp3) is 0.0222. The number of nitrogens with two attached hydrogens (primary N) is 1. The zero-order valence-corrected chi connectivity index (χ0v) is 28.1. The molecule has 0 aliphatic heterocycles. The number of hydrogen-bond donors (Lipinski definition) is 2. The van der Waals surface area contributed by atoms with Gasteiger partial charge in [0.1, 0.15) is 4.83 Å². The molecule has 9 rings (SSSR count). The van der Waals surface area contributed by atoms with E-state index < -0.39 is 0 Å². The second-order valence-electron chi connectivity index (χ2n) is 12.6. The second kappa shape index (κ2) is 12.3. The summed E-state index contributed by atoms with van der Waals surface area (Å²) in [5.41, 5.74) is 17.1. The summed E-state index contributed by atoms with van der Waals surface area (Å²) in [7, 11) is 0. The first-order chi connectivity index (χ1) is 24.6. The molecule has 0 spiro atoms. The lowest BCUT2D eigenvalue weighted by Crippen LogP contribution is -2.19. The van der Waals surface area contributed by atoms with Crippen molar-refractivity contribution in [1.29, 1.82) is 0 Å². The van der Waals surface area contributed by atoms with Gasteiger partial charge in [-0.05, 0) is 76.7 Å². The Labute approximate surface area is 294 Å². The summed E-state index contributed by atoms with van der Waals surface area (Å²) in [4.78, 5) is 1.23. The molecule has 0 bridgehead atoms. The van der Waals surface area contributed by atoms with Crippen LogP contribution in [-0.2, 0) is 0 Å². The van der Waals surface area contributed by atoms with Crippen LogP contribution >= 0.6 is 11.3 Å². The molecule has 0 saturated heterocycles. The maximum Gasteiger partial charge on any atom is 0.108 e. The molecule has 0 radical (unpaired) electrons. The standard InChI is InChI=1S/C45H34N4S/c1-30(47-41(33-14-6-3-7-15-33)29-40(46)32-12-4-2-5-13-32)31-20-22-34(23-21-31)49-44-25-24-35(28-39(44)38-26-27-50-45(38)49)48-42-18-10-8-16-36(42)37-17-9-11-19-43(37)48/h2-29,41,47H,1,46H2/b40-29-. The van der Waals surface area contributed by atoms with Gasteiger partial charge in [-0.15, -0.1) is 11.3 Å². The van der Waals surface area contributed by atoms with Crippen molar-refractivity contribution in [3.63, 3.8) is 0 Å². The summed E-state index contributed by atoms with van der Waals surface area (Å²) < 4.78 is 4.76. The van der Waals surface area contributed by atoms with Crippen LogP contribution in [0.4, 0.5) is 0 Å². The van der Waals surface area contributed by atoms with E-state index in [-0.39, 0.29) is 6.04 Å². The molecule has 0 fully saturated rings. The molecule has 3 heterocycles. The number of nitrogens with zero attached hydrogens (tertiary/aromatic N) is 2. The van der Waals surface area contributed by atoms with Crippen molar-refractivity contribution >= 4 is 65.7 Å². The van der Waals surface area contributed by atoms with E-state index in [1.54, 1.807) is 11.3 Å². The number of benzene rings is 6. The van der Waals surface area contributed by atoms with Crippen molar-refractivity contribution in [3.8, 4) is 11.4 Å². The van der Waals surface area contributed by atoms with Crippen LogP contribution in [0.25, 0.3) is 65.7 Å². The third kappa shape index (κ3) is 5.07. The van der Waals surface area contributed by atoms with Gasteiger partial charge in [-0.3, -0.25) is 0 Å². The number of para-hydroxylation sites is 2. The summed E-state index contributed by atoms with van der Waals surface area (Å²) >= 11 is 1.77. The lowest BCUT2D eigenvalue weighted by molar-refractivity contribution is 0.773. The highest BCUT2D eigenvalue weighted by Crippen LogP contribution is 2.38. The Morgan fingerprint density at radius 3 is 1.88 bits per heavy atom. The summed E-state index contributed by atoms with van der Waals surface area (Å²) in [5.74, 6) is 0. The number of rotatable bonds is 8. The molecule has 0 aliphatic carbocycles. The SMILES string of the molecule is C=C(NC(/C=C(\N)c1ccccc1)c1ccccc1)c1ccc(-n2c3ccc(-n4c5ccccc5c5ccccc54)cc3c3ccsc32)cc1. The number of nitrogens with one attached hydrogen (secondary N) is 1. The normalized spacial score (nSPS) is 12.6. The van der Waals surface area contributed by atoms with E-state index >= 15 is 0 Å². The molecule has 0 amide bonds. The van der Waals surface area contributed by atoms with Crippen molar-refractivity contribution in [3.05, 3.63) is 192 Å². The highest BCUT2D eigenvalue weighted by atomic mass is 32.1. The van der Waals surface area contributed by atoms with E-state index in [0.717, 1.165) is 39.5 Å². The minimum Gasteiger partial charge on any atom is -0.398 e. The van der Waals surface area contributed by atoms with Crippen LogP contribution in [0.15, 0.2) is 176 Å². The van der Waals surface area contributed by atoms with Crippen molar-refractivity contribution in [2.45, 2.75) is 6.04 Å². The van der Waals surface area contributed by atoms with Gasteiger partial charge in [-0.25, -0.2) is 0 Å². The molecule has 6 aromatic carbocycles. The molecular weight excluding hydrogens is 629 g/mol. The van der Waals surface area contributed by atoms with Gasteiger partial charge >= 0.3 is 0 Å². The fourth-order valence-corrected chi connectivity index (χ4v) is 8.14. The van der Waals surface area contributed by atoms with Crippen molar-refractivity contribution in [2.75, 3.05) is 0 Å². The van der Waals surface area contributed by atoms with Crippen LogP contribution in [0.1, 0.15) is 22.7 Å². The number of hydrogen-bond acceptors (Lipinski definition) is 3. The molecule has 0 aliphatic rings. The molecule has 3 aromatic heterocycles.